The maximum absolute atomic E-state index is 11.6. The highest BCUT2D eigenvalue weighted by Gasteiger charge is 2.19. The Morgan fingerprint density at radius 1 is 1.53 bits per heavy atom. The molecule has 19 heavy (non-hydrogen) atoms. The average molecular weight is 287 g/mol. The Balaban J connectivity index is 2.37. The second-order valence-electron chi connectivity index (χ2n) is 3.98. The first kappa shape index (κ1) is 15.5. The van der Waals surface area contributed by atoms with E-state index in [1.54, 1.807) is 6.92 Å². The Morgan fingerprint density at radius 2 is 2.26 bits per heavy atom. The van der Waals surface area contributed by atoms with Crippen LogP contribution in [0.25, 0.3) is 0 Å². The van der Waals surface area contributed by atoms with Gasteiger partial charge in [-0.2, -0.15) is 16.7 Å². The van der Waals surface area contributed by atoms with Gasteiger partial charge in [-0.25, -0.2) is 4.79 Å². The predicted octanol–water partition coefficient (Wildman–Crippen LogP) is 0.633. The number of aliphatic carboxylic acids is 1. The molecule has 0 aliphatic heterocycles. The van der Waals surface area contributed by atoms with Gasteiger partial charge in [0.25, 0.3) is 0 Å². The van der Waals surface area contributed by atoms with E-state index in [0.717, 1.165) is 0 Å². The van der Waals surface area contributed by atoms with Gasteiger partial charge in [-0.3, -0.25) is 4.79 Å². The van der Waals surface area contributed by atoms with Crippen LogP contribution in [0.2, 0.25) is 0 Å². The van der Waals surface area contributed by atoms with E-state index in [1.165, 1.54) is 11.8 Å². The predicted molar refractivity (Wildman–Crippen MR) is 69.9 cm³/mol. The van der Waals surface area contributed by atoms with Crippen molar-refractivity contribution in [3.63, 3.8) is 0 Å². The summed E-state index contributed by atoms with van der Waals surface area (Å²) in [7, 11) is 0. The summed E-state index contributed by atoms with van der Waals surface area (Å²) in [5.41, 5.74) is 0. The van der Waals surface area contributed by atoms with E-state index in [1.807, 2.05) is 6.26 Å². The van der Waals surface area contributed by atoms with Crippen molar-refractivity contribution >= 4 is 23.6 Å². The first-order valence-corrected chi connectivity index (χ1v) is 7.22. The van der Waals surface area contributed by atoms with Crippen LogP contribution in [0.1, 0.15) is 24.6 Å². The molecular weight excluding hydrogens is 270 g/mol. The third-order valence-electron chi connectivity index (χ3n) is 2.38. The van der Waals surface area contributed by atoms with Gasteiger partial charge in [-0.05, 0) is 25.4 Å². The van der Waals surface area contributed by atoms with Gasteiger partial charge in [0, 0.05) is 12.8 Å². The zero-order valence-corrected chi connectivity index (χ0v) is 11.7. The monoisotopic (exact) mass is 287 g/mol. The summed E-state index contributed by atoms with van der Waals surface area (Å²) < 4.78 is 4.87. The Bertz CT molecular complexity index is 435. The number of nitrogens with one attached hydrogen (secondary N) is 1. The highest BCUT2D eigenvalue weighted by atomic mass is 32.2. The number of hydrogen-bond acceptors (Lipinski definition) is 6. The smallest absolute Gasteiger partial charge is 0.326 e. The van der Waals surface area contributed by atoms with Gasteiger partial charge < -0.3 is 14.9 Å². The Labute approximate surface area is 115 Å². The topological polar surface area (TPSA) is 105 Å². The van der Waals surface area contributed by atoms with Gasteiger partial charge in [0.2, 0.25) is 11.8 Å². The third kappa shape index (κ3) is 5.73. The third-order valence-corrected chi connectivity index (χ3v) is 3.02. The second kappa shape index (κ2) is 7.78. The lowest BCUT2D eigenvalue weighted by molar-refractivity contribution is -0.141. The van der Waals surface area contributed by atoms with Crippen molar-refractivity contribution in [2.24, 2.45) is 0 Å². The summed E-state index contributed by atoms with van der Waals surface area (Å²) in [6.07, 6.45) is 2.73. The number of amides is 1. The summed E-state index contributed by atoms with van der Waals surface area (Å²) >= 11 is 1.54. The largest absolute Gasteiger partial charge is 0.480 e. The molecule has 0 aliphatic rings. The molecule has 1 aromatic rings. The first-order valence-electron chi connectivity index (χ1n) is 5.83. The van der Waals surface area contributed by atoms with Crippen molar-refractivity contribution < 1.29 is 19.2 Å². The summed E-state index contributed by atoms with van der Waals surface area (Å²) in [5.74, 6) is 0.225. The first-order chi connectivity index (χ1) is 9.02. The van der Waals surface area contributed by atoms with Crippen LogP contribution >= 0.6 is 11.8 Å². The molecule has 1 atom stereocenters. The molecule has 2 N–H and O–H groups in total. The molecule has 0 aromatic carbocycles. The number of hydrogen-bond donors (Lipinski definition) is 2. The summed E-state index contributed by atoms with van der Waals surface area (Å²) in [4.78, 5) is 26.6. The second-order valence-corrected chi connectivity index (χ2v) is 4.96. The number of thioether (sulfide) groups is 1. The van der Waals surface area contributed by atoms with Crippen molar-refractivity contribution in [2.45, 2.75) is 32.2 Å². The van der Waals surface area contributed by atoms with Gasteiger partial charge in [0.1, 0.15) is 6.04 Å². The van der Waals surface area contributed by atoms with E-state index in [-0.39, 0.29) is 12.3 Å². The number of carboxylic acids is 1. The normalized spacial score (nSPS) is 12.1. The number of aryl methyl sites for hydroxylation is 2. The van der Waals surface area contributed by atoms with Crippen LogP contribution in [0.15, 0.2) is 4.52 Å². The molecule has 1 heterocycles. The van der Waals surface area contributed by atoms with E-state index in [2.05, 4.69) is 15.5 Å². The summed E-state index contributed by atoms with van der Waals surface area (Å²) in [6, 6.07) is -0.843. The molecule has 8 heteroatoms. The van der Waals surface area contributed by atoms with E-state index >= 15 is 0 Å². The highest BCUT2D eigenvalue weighted by Crippen LogP contribution is 2.03. The van der Waals surface area contributed by atoms with E-state index in [9.17, 15) is 9.59 Å². The fourth-order valence-electron chi connectivity index (χ4n) is 1.42. The van der Waals surface area contributed by atoms with Crippen LogP contribution in [-0.2, 0) is 16.0 Å². The number of carbonyl (C=O) groups is 2. The molecule has 0 saturated heterocycles. The zero-order chi connectivity index (χ0) is 14.3. The minimum absolute atomic E-state index is 0.130. The molecular formula is C11H17N3O4S. The van der Waals surface area contributed by atoms with E-state index in [0.29, 0.717) is 30.3 Å². The van der Waals surface area contributed by atoms with Gasteiger partial charge in [-0.15, -0.1) is 0 Å². The molecule has 0 fully saturated rings. The molecule has 0 saturated carbocycles. The van der Waals surface area contributed by atoms with Crippen LogP contribution in [0.3, 0.4) is 0 Å². The van der Waals surface area contributed by atoms with Crippen molar-refractivity contribution in [2.75, 3.05) is 12.0 Å². The van der Waals surface area contributed by atoms with Crippen LogP contribution < -0.4 is 5.32 Å². The standard InChI is InChI=1S/C11H17N3O4S/c1-7-12-10(18-14-7)4-3-9(15)13-8(11(16)17)5-6-19-2/h8H,3-6H2,1-2H3,(H,13,15)(H,16,17). The lowest BCUT2D eigenvalue weighted by Crippen LogP contribution is -2.41. The van der Waals surface area contributed by atoms with Crippen molar-refractivity contribution in [3.05, 3.63) is 11.7 Å². The fraction of sp³-hybridized carbons (Fsp3) is 0.636. The number of rotatable bonds is 8. The summed E-state index contributed by atoms with van der Waals surface area (Å²) in [5, 5.41) is 15.1. The van der Waals surface area contributed by atoms with Crippen LogP contribution in [0.5, 0.6) is 0 Å². The quantitative estimate of drug-likeness (QED) is 0.722. The number of aromatic nitrogens is 2. The van der Waals surface area contributed by atoms with Gasteiger partial charge in [0.15, 0.2) is 5.82 Å². The summed E-state index contributed by atoms with van der Waals surface area (Å²) in [6.45, 7) is 1.69. The highest BCUT2D eigenvalue weighted by molar-refractivity contribution is 7.98. The van der Waals surface area contributed by atoms with Gasteiger partial charge >= 0.3 is 5.97 Å². The molecule has 106 valence electrons. The fourth-order valence-corrected chi connectivity index (χ4v) is 1.89. The maximum atomic E-state index is 11.6. The van der Waals surface area contributed by atoms with Crippen LogP contribution in [0, 0.1) is 6.92 Å². The molecule has 1 aromatic heterocycles. The SMILES string of the molecule is CSCCC(NC(=O)CCc1nc(C)no1)C(=O)O. The van der Waals surface area contributed by atoms with E-state index < -0.39 is 12.0 Å². The van der Waals surface area contributed by atoms with Gasteiger partial charge in [0.05, 0.1) is 0 Å². The minimum Gasteiger partial charge on any atom is -0.480 e. The van der Waals surface area contributed by atoms with Crippen molar-refractivity contribution in [3.8, 4) is 0 Å². The van der Waals surface area contributed by atoms with Crippen LogP contribution in [0.4, 0.5) is 0 Å². The van der Waals surface area contributed by atoms with Crippen molar-refractivity contribution in [1.29, 1.82) is 0 Å². The average Bonchev–Trinajstić information content (AvgIpc) is 2.77. The Morgan fingerprint density at radius 3 is 2.79 bits per heavy atom. The Hall–Kier alpha value is -1.57. The lowest BCUT2D eigenvalue weighted by Gasteiger charge is -2.13. The number of carboxylic acid groups (broad SMARTS) is 1. The molecule has 1 rings (SSSR count). The lowest BCUT2D eigenvalue weighted by atomic mass is 10.2. The molecule has 1 unspecified atom stereocenters. The molecule has 7 nitrogen and oxygen atoms in total. The van der Waals surface area contributed by atoms with Crippen molar-refractivity contribution in [1.82, 2.24) is 15.5 Å². The molecule has 0 spiro atoms. The van der Waals surface area contributed by atoms with Gasteiger partial charge in [-0.1, -0.05) is 5.16 Å². The number of carbonyl (C=O) groups excluding carboxylic acids is 1. The zero-order valence-electron chi connectivity index (χ0n) is 10.9. The van der Waals surface area contributed by atoms with Crippen LogP contribution in [-0.4, -0.2) is 45.2 Å². The minimum atomic E-state index is -1.02. The van der Waals surface area contributed by atoms with E-state index in [4.69, 9.17) is 9.63 Å². The molecule has 0 aliphatic carbocycles. The Kier molecular flexibility index (Phi) is 6.34. The maximum Gasteiger partial charge on any atom is 0.326 e. The number of nitrogens with zero attached hydrogens (tertiary/aromatic N) is 2. The molecule has 0 radical (unpaired) electrons. The molecule has 0 bridgehead atoms. The molecule has 1 amide bonds.